The van der Waals surface area contributed by atoms with E-state index >= 15 is 0 Å². The number of halogens is 4. The summed E-state index contributed by atoms with van der Waals surface area (Å²) in [4.78, 5) is 0. The molecule has 0 spiro atoms. The van der Waals surface area contributed by atoms with Crippen molar-refractivity contribution in [1.82, 2.24) is 0 Å². The molecule has 0 aliphatic rings. The van der Waals surface area contributed by atoms with Gasteiger partial charge >= 0.3 is 6.18 Å². The molecule has 0 heterocycles. The Labute approximate surface area is 83.6 Å². The van der Waals surface area contributed by atoms with Crippen LogP contribution in [0.25, 0.3) is 0 Å². The first-order valence-electron chi connectivity index (χ1n) is 4.13. The average molecular weight is 223 g/mol. The molecule has 0 fully saturated rings. The van der Waals surface area contributed by atoms with Crippen LogP contribution in [0.15, 0.2) is 18.2 Å². The Bertz CT molecular complexity index is 337. The van der Waals surface area contributed by atoms with Gasteiger partial charge in [0, 0.05) is 6.07 Å². The average Bonchev–Trinajstić information content (AvgIpc) is 2.07. The molecule has 0 saturated heterocycles. The quantitative estimate of drug-likeness (QED) is 0.631. The first-order chi connectivity index (χ1) is 6.88. The molecule has 1 rings (SSSR count). The summed E-state index contributed by atoms with van der Waals surface area (Å²) in [6.07, 6.45) is -5.33. The molecule has 0 bridgehead atoms. The van der Waals surface area contributed by atoms with Gasteiger partial charge in [-0.2, -0.15) is 13.2 Å². The van der Waals surface area contributed by atoms with E-state index in [9.17, 15) is 17.6 Å². The standard InChI is InChI=1S/C9H9F4NO/c10-6-1-2-8(7(14)5-6)15-4-3-9(11,12)13/h1-2,5H,3-4,14H2. The van der Waals surface area contributed by atoms with E-state index in [1.807, 2.05) is 0 Å². The Balaban J connectivity index is 2.51. The molecule has 0 atom stereocenters. The Morgan fingerprint density at radius 2 is 1.93 bits per heavy atom. The molecule has 15 heavy (non-hydrogen) atoms. The lowest BCUT2D eigenvalue weighted by molar-refractivity contribution is -0.139. The lowest BCUT2D eigenvalue weighted by Gasteiger charge is -2.10. The van der Waals surface area contributed by atoms with Crippen molar-refractivity contribution in [3.8, 4) is 5.75 Å². The number of hydrogen-bond acceptors (Lipinski definition) is 2. The van der Waals surface area contributed by atoms with E-state index in [1.54, 1.807) is 0 Å². The summed E-state index contributed by atoms with van der Waals surface area (Å²) in [5.41, 5.74) is 5.31. The largest absolute Gasteiger partial charge is 0.491 e. The number of anilines is 1. The fourth-order valence-corrected chi connectivity index (χ4v) is 0.927. The number of hydrogen-bond donors (Lipinski definition) is 1. The van der Waals surface area contributed by atoms with Gasteiger partial charge in [-0.05, 0) is 12.1 Å². The van der Waals surface area contributed by atoms with Crippen LogP contribution in [0.5, 0.6) is 5.75 Å². The van der Waals surface area contributed by atoms with Crippen LogP contribution in [0.2, 0.25) is 0 Å². The lowest BCUT2D eigenvalue weighted by atomic mass is 10.3. The van der Waals surface area contributed by atoms with E-state index < -0.39 is 25.0 Å². The number of benzene rings is 1. The van der Waals surface area contributed by atoms with Crippen LogP contribution < -0.4 is 10.5 Å². The van der Waals surface area contributed by atoms with Gasteiger partial charge in [-0.3, -0.25) is 0 Å². The number of alkyl halides is 3. The van der Waals surface area contributed by atoms with Gasteiger partial charge in [-0.1, -0.05) is 0 Å². The van der Waals surface area contributed by atoms with Crippen LogP contribution in [-0.2, 0) is 0 Å². The van der Waals surface area contributed by atoms with Crippen LogP contribution in [0.4, 0.5) is 23.2 Å². The van der Waals surface area contributed by atoms with Gasteiger partial charge in [0.2, 0.25) is 0 Å². The molecule has 2 N–H and O–H groups in total. The van der Waals surface area contributed by atoms with Gasteiger partial charge in [0.1, 0.15) is 11.6 Å². The Morgan fingerprint density at radius 3 is 2.47 bits per heavy atom. The number of rotatable bonds is 3. The van der Waals surface area contributed by atoms with Gasteiger partial charge in [-0.25, -0.2) is 4.39 Å². The van der Waals surface area contributed by atoms with Crippen molar-refractivity contribution in [3.05, 3.63) is 24.0 Å². The summed E-state index contributed by atoms with van der Waals surface area (Å²) < 4.78 is 52.6. The molecular weight excluding hydrogens is 214 g/mol. The van der Waals surface area contributed by atoms with Crippen molar-refractivity contribution in [1.29, 1.82) is 0 Å². The minimum atomic E-state index is -4.27. The van der Waals surface area contributed by atoms with E-state index in [0.29, 0.717) is 0 Å². The first kappa shape index (κ1) is 11.6. The summed E-state index contributed by atoms with van der Waals surface area (Å²) in [5, 5.41) is 0. The minimum absolute atomic E-state index is 0.0165. The second-order valence-corrected chi connectivity index (χ2v) is 2.90. The molecule has 0 aromatic heterocycles. The van der Waals surface area contributed by atoms with Gasteiger partial charge in [0.15, 0.2) is 0 Å². The second kappa shape index (κ2) is 4.37. The summed E-state index contributed by atoms with van der Waals surface area (Å²) in [7, 11) is 0. The van der Waals surface area contributed by atoms with Gasteiger partial charge in [-0.15, -0.1) is 0 Å². The number of nitrogen functional groups attached to an aromatic ring is 1. The molecule has 1 aromatic rings. The van der Waals surface area contributed by atoms with Crippen LogP contribution in [0, 0.1) is 5.82 Å². The van der Waals surface area contributed by atoms with Crippen molar-refractivity contribution in [3.63, 3.8) is 0 Å². The Kier molecular flexibility index (Phi) is 3.39. The molecule has 0 saturated carbocycles. The summed E-state index contributed by atoms with van der Waals surface area (Å²) in [6, 6.07) is 3.25. The van der Waals surface area contributed by atoms with Crippen molar-refractivity contribution in [2.45, 2.75) is 12.6 Å². The zero-order chi connectivity index (χ0) is 11.5. The molecular formula is C9H9F4NO. The monoisotopic (exact) mass is 223 g/mol. The molecule has 0 aliphatic heterocycles. The highest BCUT2D eigenvalue weighted by Crippen LogP contribution is 2.24. The van der Waals surface area contributed by atoms with E-state index in [4.69, 9.17) is 10.5 Å². The molecule has 6 heteroatoms. The molecule has 1 aromatic carbocycles. The van der Waals surface area contributed by atoms with Gasteiger partial charge < -0.3 is 10.5 Å². The van der Waals surface area contributed by atoms with Gasteiger partial charge in [0.05, 0.1) is 18.7 Å². The van der Waals surface area contributed by atoms with E-state index in [2.05, 4.69) is 0 Å². The first-order valence-corrected chi connectivity index (χ1v) is 4.13. The highest BCUT2D eigenvalue weighted by atomic mass is 19.4. The van der Waals surface area contributed by atoms with Crippen LogP contribution in [0.1, 0.15) is 6.42 Å². The summed E-state index contributed by atoms with van der Waals surface area (Å²) >= 11 is 0. The molecule has 0 radical (unpaired) electrons. The van der Waals surface area contributed by atoms with Crippen molar-refractivity contribution >= 4 is 5.69 Å². The topological polar surface area (TPSA) is 35.2 Å². The van der Waals surface area contributed by atoms with Crippen LogP contribution in [0.3, 0.4) is 0 Å². The lowest BCUT2D eigenvalue weighted by Crippen LogP contribution is -2.13. The highest BCUT2D eigenvalue weighted by molar-refractivity contribution is 5.52. The Morgan fingerprint density at radius 1 is 1.27 bits per heavy atom. The molecule has 84 valence electrons. The zero-order valence-corrected chi connectivity index (χ0v) is 7.64. The summed E-state index contributed by atoms with van der Waals surface area (Å²) in [6.45, 7) is -0.528. The van der Waals surface area contributed by atoms with Gasteiger partial charge in [0.25, 0.3) is 0 Å². The fourth-order valence-electron chi connectivity index (χ4n) is 0.927. The Hall–Kier alpha value is -1.46. The van der Waals surface area contributed by atoms with Crippen molar-refractivity contribution in [2.75, 3.05) is 12.3 Å². The predicted molar refractivity (Wildman–Crippen MR) is 47.0 cm³/mol. The molecule has 0 unspecified atom stereocenters. The minimum Gasteiger partial charge on any atom is -0.491 e. The fraction of sp³-hybridized carbons (Fsp3) is 0.333. The summed E-state index contributed by atoms with van der Waals surface area (Å²) in [5.74, 6) is -0.503. The predicted octanol–water partition coefficient (Wildman–Crippen LogP) is 2.74. The van der Waals surface area contributed by atoms with Crippen LogP contribution >= 0.6 is 0 Å². The van der Waals surface area contributed by atoms with E-state index in [0.717, 1.165) is 12.1 Å². The number of ether oxygens (including phenoxy) is 1. The van der Waals surface area contributed by atoms with E-state index in [1.165, 1.54) is 6.07 Å². The normalized spacial score (nSPS) is 11.5. The highest BCUT2D eigenvalue weighted by Gasteiger charge is 2.26. The van der Waals surface area contributed by atoms with Crippen LogP contribution in [-0.4, -0.2) is 12.8 Å². The SMILES string of the molecule is Nc1cc(F)ccc1OCCC(F)(F)F. The maximum absolute atomic E-state index is 12.5. The van der Waals surface area contributed by atoms with E-state index in [-0.39, 0.29) is 11.4 Å². The zero-order valence-electron chi connectivity index (χ0n) is 7.64. The van der Waals surface area contributed by atoms with Crippen molar-refractivity contribution in [2.24, 2.45) is 0 Å². The third-order valence-electron chi connectivity index (χ3n) is 1.61. The molecule has 2 nitrogen and oxygen atoms in total. The second-order valence-electron chi connectivity index (χ2n) is 2.90. The smallest absolute Gasteiger partial charge is 0.392 e. The third-order valence-corrected chi connectivity index (χ3v) is 1.61. The third kappa shape index (κ3) is 4.05. The molecule has 0 aliphatic carbocycles. The number of nitrogens with two attached hydrogens (primary N) is 1. The maximum atomic E-state index is 12.5. The maximum Gasteiger partial charge on any atom is 0.392 e. The molecule has 0 amide bonds. The van der Waals surface area contributed by atoms with Crippen molar-refractivity contribution < 1.29 is 22.3 Å².